The minimum atomic E-state index is -1.00. The summed E-state index contributed by atoms with van der Waals surface area (Å²) in [5.41, 5.74) is 6.76. The topological polar surface area (TPSA) is 108 Å². The summed E-state index contributed by atoms with van der Waals surface area (Å²) in [7, 11) is 0. The normalized spacial score (nSPS) is 19.9. The summed E-state index contributed by atoms with van der Waals surface area (Å²) >= 11 is 12.3. The minimum Gasteiger partial charge on any atom is -0.478 e. The van der Waals surface area contributed by atoms with Gasteiger partial charge < -0.3 is 25.3 Å². The number of aromatic nitrogens is 2. The predicted octanol–water partition coefficient (Wildman–Crippen LogP) is 9.84. The summed E-state index contributed by atoms with van der Waals surface area (Å²) in [6, 6.07) is 25.6. The lowest BCUT2D eigenvalue weighted by molar-refractivity contribution is 0.0291. The highest BCUT2D eigenvalue weighted by Crippen LogP contribution is 2.29. The molecule has 4 atom stereocenters. The zero-order chi connectivity index (χ0) is 42.5. The van der Waals surface area contributed by atoms with E-state index in [0.29, 0.717) is 29.2 Å². The van der Waals surface area contributed by atoms with Gasteiger partial charge in [0.05, 0.1) is 21.2 Å². The van der Waals surface area contributed by atoms with Crippen LogP contribution in [0.3, 0.4) is 0 Å². The maximum Gasteiger partial charge on any atom is 0.337 e. The van der Waals surface area contributed by atoms with Gasteiger partial charge in [-0.1, -0.05) is 47.5 Å². The van der Waals surface area contributed by atoms with E-state index in [1.54, 1.807) is 12.1 Å². The Morgan fingerprint density at radius 1 is 0.661 bits per heavy atom. The number of rotatable bonds is 6. The highest BCUT2D eigenvalue weighted by atomic mass is 35.5. The van der Waals surface area contributed by atoms with Crippen molar-refractivity contribution in [2.45, 2.75) is 78.8 Å². The van der Waals surface area contributed by atoms with Gasteiger partial charge in [-0.2, -0.15) is 0 Å². The number of halogens is 4. The summed E-state index contributed by atoms with van der Waals surface area (Å²) in [5.74, 6) is -1.42. The first-order chi connectivity index (χ1) is 28.0. The fraction of sp³-hybridized carbons (Fsp3) is 0.348. The Kier molecular flexibility index (Phi) is 14.2. The molecule has 2 fully saturated rings. The summed E-state index contributed by atoms with van der Waals surface area (Å²) in [6.07, 6.45) is 0. The average Bonchev–Trinajstić information content (AvgIpc) is 3.74. The van der Waals surface area contributed by atoms with E-state index >= 15 is 0 Å². The molecule has 8 rings (SSSR count). The molecular weight excluding hydrogens is 793 g/mol. The van der Waals surface area contributed by atoms with Gasteiger partial charge in [0.2, 0.25) is 0 Å². The van der Waals surface area contributed by atoms with Gasteiger partial charge >= 0.3 is 5.97 Å². The average molecular weight is 846 g/mol. The molecule has 0 bridgehead atoms. The monoisotopic (exact) mass is 844 g/mol. The number of aromatic amines is 2. The lowest BCUT2D eigenvalue weighted by atomic mass is 10.0. The molecule has 2 aliphatic heterocycles. The van der Waals surface area contributed by atoms with E-state index in [1.807, 2.05) is 67.3 Å². The third kappa shape index (κ3) is 11.1. The maximum atomic E-state index is 13.3. The first kappa shape index (κ1) is 43.8. The van der Waals surface area contributed by atoms with Crippen LogP contribution in [0.4, 0.5) is 8.78 Å². The summed E-state index contributed by atoms with van der Waals surface area (Å²) in [6.45, 7) is 17.6. The third-order valence-electron chi connectivity index (χ3n) is 11.0. The molecule has 4 N–H and O–H groups in total. The highest BCUT2D eigenvalue weighted by Gasteiger charge is 2.33. The van der Waals surface area contributed by atoms with Crippen LogP contribution in [0.1, 0.15) is 70.9 Å². The quantitative estimate of drug-likeness (QED) is 0.133. The van der Waals surface area contributed by atoms with Crippen molar-refractivity contribution in [2.24, 2.45) is 0 Å². The molecule has 59 heavy (non-hydrogen) atoms. The van der Waals surface area contributed by atoms with E-state index in [9.17, 15) is 18.4 Å². The smallest absolute Gasteiger partial charge is 0.337 e. The van der Waals surface area contributed by atoms with Crippen molar-refractivity contribution in [3.8, 4) is 0 Å². The van der Waals surface area contributed by atoms with E-state index in [4.69, 9.17) is 28.3 Å². The summed E-state index contributed by atoms with van der Waals surface area (Å²) in [5, 5.41) is 14.9. The molecule has 4 aromatic carbocycles. The van der Waals surface area contributed by atoms with Crippen molar-refractivity contribution in [2.75, 3.05) is 26.2 Å². The van der Waals surface area contributed by atoms with Crippen LogP contribution in [0.15, 0.2) is 84.9 Å². The second-order valence-corrected chi connectivity index (χ2v) is 16.8. The van der Waals surface area contributed by atoms with Gasteiger partial charge in [-0.05, 0) is 113 Å². The lowest BCUT2D eigenvalue weighted by Crippen LogP contribution is -2.57. The van der Waals surface area contributed by atoms with Gasteiger partial charge in [0.15, 0.2) is 0 Å². The number of carboxylic acids is 1. The number of carbonyl (C=O) groups excluding carboxylic acids is 1. The Labute approximate surface area is 354 Å². The summed E-state index contributed by atoms with van der Waals surface area (Å²) < 4.78 is 25.9. The molecule has 0 aliphatic carbocycles. The maximum absolute atomic E-state index is 13.3. The number of nitrogens with zero attached hydrogens (tertiary/aromatic N) is 3. The van der Waals surface area contributed by atoms with Gasteiger partial charge in [0, 0.05) is 96.6 Å². The Hall–Kier alpha value is -4.78. The van der Waals surface area contributed by atoms with Crippen LogP contribution in [0.2, 0.25) is 10.0 Å². The largest absolute Gasteiger partial charge is 0.478 e. The Morgan fingerprint density at radius 2 is 1.14 bits per heavy atom. The number of H-pyrrole nitrogens is 2. The van der Waals surface area contributed by atoms with E-state index in [2.05, 4.69) is 52.8 Å². The molecule has 1 amide bonds. The minimum absolute atomic E-state index is 0.0310. The third-order valence-corrected chi connectivity index (χ3v) is 11.6. The number of benzene rings is 4. The number of aromatic carboxylic acids is 1. The number of hydrogen-bond donors (Lipinski definition) is 4. The van der Waals surface area contributed by atoms with Crippen molar-refractivity contribution in [3.63, 3.8) is 0 Å². The predicted molar refractivity (Wildman–Crippen MR) is 234 cm³/mol. The molecule has 13 heteroatoms. The van der Waals surface area contributed by atoms with Crippen LogP contribution >= 0.6 is 23.2 Å². The van der Waals surface area contributed by atoms with Crippen molar-refractivity contribution in [1.29, 1.82) is 0 Å². The molecular formula is C46H52Cl2F2N6O3. The fourth-order valence-corrected chi connectivity index (χ4v) is 8.24. The van der Waals surface area contributed by atoms with E-state index < -0.39 is 5.97 Å². The molecule has 2 saturated heterocycles. The second kappa shape index (κ2) is 19.1. The van der Waals surface area contributed by atoms with Crippen molar-refractivity contribution >= 4 is 56.9 Å². The van der Waals surface area contributed by atoms with Gasteiger partial charge in [-0.15, -0.1) is 0 Å². The lowest BCUT2D eigenvalue weighted by Gasteiger charge is -2.44. The molecule has 0 unspecified atom stereocenters. The standard InChI is InChI=1S/C23H25ClFN3O.C13H19FN2.C10H8ClNO2/c1-14-8-18-9-20(21(24)10-22(18)26-14)23(29)28-12-15(2)27(11-16(28)3)13-17-4-6-19(25)7-5-17;1-10-8-16(11(2)7-15-10)9-12-3-5-13(14)6-4-12;1-5-2-6-3-7(10(13)14)8(11)4-9(6)12-5/h4-10,15-16,26H,11-13H2,1-3H3;3-6,10-11,15H,7-9H2,1-2H3;2-4,12H,1H3,(H,13,14)/t15-,16+;10-,11+;/m01./s1. The number of amides is 1. The number of fused-ring (bicyclic) bond motifs is 2. The molecule has 6 aromatic rings. The van der Waals surface area contributed by atoms with Gasteiger partial charge in [0.1, 0.15) is 11.6 Å². The fourth-order valence-electron chi connectivity index (χ4n) is 7.75. The van der Waals surface area contributed by atoms with Gasteiger partial charge in [0.25, 0.3) is 5.91 Å². The molecule has 9 nitrogen and oxygen atoms in total. The molecule has 4 heterocycles. The number of piperazine rings is 2. The van der Waals surface area contributed by atoms with Crippen LogP contribution in [0.5, 0.6) is 0 Å². The first-order valence-corrected chi connectivity index (χ1v) is 20.6. The molecule has 0 saturated carbocycles. The molecule has 2 aromatic heterocycles. The number of hydrogen-bond acceptors (Lipinski definition) is 5. The number of aryl methyl sites for hydroxylation is 2. The van der Waals surface area contributed by atoms with E-state index in [0.717, 1.165) is 71.5 Å². The van der Waals surface area contributed by atoms with Crippen molar-refractivity contribution < 1.29 is 23.5 Å². The Balaban J connectivity index is 0.000000164. The zero-order valence-electron chi connectivity index (χ0n) is 34.3. The molecule has 0 radical (unpaired) electrons. The Morgan fingerprint density at radius 3 is 1.64 bits per heavy atom. The SMILES string of the molecule is C[C@@H]1CN(Cc2ccc(F)cc2)[C@@H](C)CN1.Cc1cc2cc(C(=O)N3C[C@H](C)N(Cc4ccc(F)cc4)C[C@H]3C)c(Cl)cc2[nH]1.Cc1cc2cc(C(=O)O)c(Cl)cc2[nH]1. The molecule has 2 aliphatic rings. The van der Waals surface area contributed by atoms with Crippen molar-refractivity contribution in [3.05, 3.63) is 140 Å². The zero-order valence-corrected chi connectivity index (χ0v) is 35.8. The molecule has 312 valence electrons. The number of carboxylic acid groups (broad SMARTS) is 1. The van der Waals surface area contributed by atoms with Crippen LogP contribution in [0.25, 0.3) is 21.8 Å². The van der Waals surface area contributed by atoms with Crippen LogP contribution in [0, 0.1) is 25.5 Å². The van der Waals surface area contributed by atoms with Gasteiger partial charge in [-0.25, -0.2) is 13.6 Å². The Bertz CT molecular complexity index is 2400. The highest BCUT2D eigenvalue weighted by molar-refractivity contribution is 6.35. The van der Waals surface area contributed by atoms with E-state index in [-0.39, 0.29) is 40.2 Å². The van der Waals surface area contributed by atoms with Crippen molar-refractivity contribution in [1.82, 2.24) is 30.0 Å². The second-order valence-electron chi connectivity index (χ2n) is 16.0. The summed E-state index contributed by atoms with van der Waals surface area (Å²) in [4.78, 5) is 37.1. The van der Waals surface area contributed by atoms with Crippen LogP contribution < -0.4 is 5.32 Å². The van der Waals surface area contributed by atoms with Gasteiger partial charge in [-0.3, -0.25) is 14.6 Å². The first-order valence-electron chi connectivity index (χ1n) is 19.9. The molecule has 0 spiro atoms. The number of nitrogens with one attached hydrogen (secondary N) is 3. The number of carbonyl (C=O) groups is 2. The van der Waals surface area contributed by atoms with E-state index in [1.165, 1.54) is 29.8 Å². The van der Waals surface area contributed by atoms with Crippen LogP contribution in [-0.4, -0.2) is 92.0 Å². The van der Waals surface area contributed by atoms with Crippen LogP contribution in [-0.2, 0) is 13.1 Å².